The van der Waals surface area contributed by atoms with E-state index >= 15 is 4.39 Å². The minimum atomic E-state index is -4.84. The Kier molecular flexibility index (Phi) is 14.9. The highest BCUT2D eigenvalue weighted by Gasteiger charge is 2.50. The van der Waals surface area contributed by atoms with Crippen LogP contribution in [0.4, 0.5) is 35.1 Å². The number of benzene rings is 2. The van der Waals surface area contributed by atoms with Gasteiger partial charge in [0.05, 0.1) is 58.0 Å². The molecule has 24 heteroatoms. The molecule has 5 aliphatic rings. The van der Waals surface area contributed by atoms with Crippen molar-refractivity contribution in [1.29, 1.82) is 0 Å². The summed E-state index contributed by atoms with van der Waals surface area (Å²) in [7, 11) is -8.44. The molecule has 4 aromatic rings. The van der Waals surface area contributed by atoms with Gasteiger partial charge in [0.15, 0.2) is 0 Å². The van der Waals surface area contributed by atoms with E-state index in [1.807, 2.05) is 9.62 Å². The number of ether oxygens (including phenoxy) is 2. The van der Waals surface area contributed by atoms with Gasteiger partial charge < -0.3 is 9.47 Å². The summed E-state index contributed by atoms with van der Waals surface area (Å²) in [6, 6.07) is 7.72. The first-order valence-corrected chi connectivity index (χ1v) is 27.6. The quantitative estimate of drug-likeness (QED) is 0.0761. The molecule has 74 heavy (non-hydrogen) atoms. The van der Waals surface area contributed by atoms with Gasteiger partial charge >= 0.3 is 12.4 Å². The van der Waals surface area contributed by atoms with Gasteiger partial charge in [-0.3, -0.25) is 29.4 Å². The molecule has 2 aromatic heterocycles. The van der Waals surface area contributed by atoms with Gasteiger partial charge in [-0.25, -0.2) is 35.1 Å². The highest BCUT2D eigenvalue weighted by atomic mass is 32.2. The van der Waals surface area contributed by atoms with Crippen molar-refractivity contribution in [2.75, 3.05) is 39.0 Å². The Morgan fingerprint density at radius 3 is 1.86 bits per heavy atom. The summed E-state index contributed by atoms with van der Waals surface area (Å²) >= 11 is 0. The molecule has 2 unspecified atom stereocenters. The molecule has 0 spiro atoms. The van der Waals surface area contributed by atoms with Crippen LogP contribution in [0, 0.1) is 17.6 Å². The Morgan fingerprint density at radius 1 is 0.730 bits per heavy atom. The number of hydrogen-bond acceptors (Lipinski definition) is 12. The number of halogens is 8. The average molecular weight is 1080 g/mol. The molecular weight excluding hydrogens is 1030 g/mol. The Hall–Kier alpha value is -5.72. The average Bonchev–Trinajstić information content (AvgIpc) is 4.15. The molecule has 2 aliphatic heterocycles. The smallest absolute Gasteiger partial charge is 0.418 e. The number of hydrogen-bond donors (Lipinski definition) is 2. The van der Waals surface area contributed by atoms with Crippen LogP contribution in [0.5, 0.6) is 11.5 Å². The molecule has 5 fully saturated rings. The van der Waals surface area contributed by atoms with Crippen molar-refractivity contribution in [3.63, 3.8) is 0 Å². The van der Waals surface area contributed by atoms with Crippen LogP contribution in [0.2, 0.25) is 0 Å². The van der Waals surface area contributed by atoms with Crippen LogP contribution in [-0.2, 0) is 45.5 Å². The first kappa shape index (κ1) is 53.1. The van der Waals surface area contributed by atoms with Gasteiger partial charge in [-0.15, -0.1) is 0 Å². The maximum absolute atomic E-state index is 15.6. The monoisotopic (exact) mass is 1080 g/mol. The number of rotatable bonds is 17. The van der Waals surface area contributed by atoms with Crippen molar-refractivity contribution < 1.29 is 71.0 Å². The lowest BCUT2D eigenvalue weighted by Gasteiger charge is -2.32. The van der Waals surface area contributed by atoms with Gasteiger partial charge in [-0.2, -0.15) is 26.3 Å². The fourth-order valence-corrected chi connectivity index (χ4v) is 11.6. The Bertz CT molecular complexity index is 3080. The number of piperidine rings is 2. The Morgan fingerprint density at radius 2 is 1.28 bits per heavy atom. The fraction of sp³-hybridized carbons (Fsp3) is 0.480. The second-order valence-corrected chi connectivity index (χ2v) is 23.5. The lowest BCUT2D eigenvalue weighted by atomic mass is 9.97. The zero-order valence-corrected chi connectivity index (χ0v) is 41.5. The minimum absolute atomic E-state index is 0.00552. The van der Waals surface area contributed by atoms with E-state index in [0.717, 1.165) is 48.9 Å². The molecule has 9 rings (SSSR count). The highest BCUT2D eigenvalue weighted by Crippen LogP contribution is 2.49. The number of carbonyl (C=O) groups excluding carboxylic acids is 2. The number of aromatic nitrogens is 2. The van der Waals surface area contributed by atoms with Crippen molar-refractivity contribution in [3.8, 4) is 11.5 Å². The van der Waals surface area contributed by atoms with Crippen LogP contribution < -0.4 is 18.9 Å². The third-order valence-electron chi connectivity index (χ3n) is 14.1. The minimum Gasteiger partial charge on any atom is -0.493 e. The summed E-state index contributed by atoms with van der Waals surface area (Å²) < 4.78 is 181. The van der Waals surface area contributed by atoms with Crippen LogP contribution in [0.3, 0.4) is 0 Å². The third kappa shape index (κ3) is 12.8. The zero-order chi connectivity index (χ0) is 52.9. The van der Waals surface area contributed by atoms with E-state index < -0.39 is 89.3 Å². The zero-order valence-electron chi connectivity index (χ0n) is 39.9. The van der Waals surface area contributed by atoms with Gasteiger partial charge in [0.2, 0.25) is 20.0 Å². The van der Waals surface area contributed by atoms with Crippen molar-refractivity contribution in [1.82, 2.24) is 29.2 Å². The van der Waals surface area contributed by atoms with Crippen molar-refractivity contribution >= 4 is 31.9 Å². The van der Waals surface area contributed by atoms with E-state index in [-0.39, 0.29) is 72.3 Å². The van der Waals surface area contributed by atoms with E-state index in [2.05, 4.69) is 9.97 Å². The SMILES string of the molecule is CS(=O)(=O)NC(=O)c1cc(C2CC2)c(OCC2CCN(Cc3ncc(C4CC4S(=O)(=O)NC(=O)c4cc(C5CC5)c(OC=C5CCN(Cc6ncccc6C(F)(F)F)CC5)cc4F)cc3C(F)(F)F)CC2)cc1F. The summed E-state index contributed by atoms with van der Waals surface area (Å²) in [4.78, 5) is 37.6. The lowest BCUT2D eigenvalue weighted by Crippen LogP contribution is -2.36. The maximum Gasteiger partial charge on any atom is 0.418 e. The number of amides is 2. The molecule has 14 nitrogen and oxygen atoms in total. The first-order valence-electron chi connectivity index (χ1n) is 24.1. The molecule has 0 radical (unpaired) electrons. The molecule has 3 aliphatic carbocycles. The molecular formula is C50H52F8N6O8S2. The number of carbonyl (C=O) groups is 2. The summed E-state index contributed by atoms with van der Waals surface area (Å²) in [5.41, 5.74) is -1.22. The lowest BCUT2D eigenvalue weighted by molar-refractivity contribution is -0.139. The second kappa shape index (κ2) is 20.8. The highest BCUT2D eigenvalue weighted by molar-refractivity contribution is 7.91. The summed E-state index contributed by atoms with van der Waals surface area (Å²) in [6.45, 7) is 1.64. The van der Waals surface area contributed by atoms with Gasteiger partial charge in [0.25, 0.3) is 11.8 Å². The Labute approximate surface area is 422 Å². The second-order valence-electron chi connectivity index (χ2n) is 19.8. The van der Waals surface area contributed by atoms with E-state index in [0.29, 0.717) is 75.8 Å². The van der Waals surface area contributed by atoms with Crippen LogP contribution in [0.1, 0.15) is 135 Å². The van der Waals surface area contributed by atoms with Crippen molar-refractivity contribution in [2.24, 2.45) is 5.92 Å². The molecule has 0 bridgehead atoms. The standard InChI is InChI=1S/C50H52F8N6O8S2/c1-73(67,68)61-47(65)36-18-33(30-4-5-30)44(21-40(36)51)71-27-29-10-15-64(16-11-29)25-43-39(50(56,57)58)17-32(23-60-43)35-20-46(35)74(69,70)62-48(66)37-19-34(31-6-7-31)45(22-41(37)52)72-26-28-8-13-63(14-9-28)24-42-38(49(53,54)55)3-2-12-59-42/h2-3,12,17-19,21-23,26,29-31,35,46H,4-11,13-16,20,24-25,27H2,1H3,(H,61,65)(H,62,66). The Balaban J connectivity index is 0.781. The molecule has 3 saturated carbocycles. The number of pyridine rings is 2. The number of sulfonamides is 2. The van der Waals surface area contributed by atoms with Gasteiger partial charge in [-0.1, -0.05) is 0 Å². The molecule has 398 valence electrons. The van der Waals surface area contributed by atoms with E-state index in [4.69, 9.17) is 9.47 Å². The molecule has 4 heterocycles. The molecule has 2 aromatic carbocycles. The van der Waals surface area contributed by atoms with E-state index in [1.165, 1.54) is 36.9 Å². The van der Waals surface area contributed by atoms with Crippen molar-refractivity contribution in [2.45, 2.75) is 106 Å². The number of nitrogens with one attached hydrogen (secondary N) is 2. The third-order valence-corrected chi connectivity index (χ3v) is 16.4. The molecule has 2 N–H and O–H groups in total. The van der Waals surface area contributed by atoms with E-state index in [9.17, 15) is 57.2 Å². The molecule has 2 amide bonds. The maximum atomic E-state index is 15.6. The van der Waals surface area contributed by atoms with Crippen LogP contribution >= 0.6 is 0 Å². The van der Waals surface area contributed by atoms with Crippen LogP contribution in [0.15, 0.2) is 66.7 Å². The number of alkyl halides is 6. The van der Waals surface area contributed by atoms with Crippen LogP contribution in [0.25, 0.3) is 0 Å². The van der Waals surface area contributed by atoms with Gasteiger partial charge in [0, 0.05) is 56.6 Å². The normalized spacial score (nSPS) is 20.3. The number of nitrogens with zero attached hydrogens (tertiary/aromatic N) is 4. The fourth-order valence-electron chi connectivity index (χ4n) is 9.60. The first-order chi connectivity index (χ1) is 34.9. The molecule has 2 saturated heterocycles. The van der Waals surface area contributed by atoms with E-state index in [1.54, 1.807) is 9.62 Å². The number of likely N-dealkylation sites (tertiary alicyclic amines) is 2. The van der Waals surface area contributed by atoms with Crippen LogP contribution in [-0.4, -0.2) is 92.7 Å². The van der Waals surface area contributed by atoms with Crippen molar-refractivity contribution in [3.05, 3.63) is 129 Å². The topological polar surface area (TPSA) is 177 Å². The summed E-state index contributed by atoms with van der Waals surface area (Å²) in [6.07, 6.45) is 0.228. The van der Waals surface area contributed by atoms with Gasteiger partial charge in [-0.05, 0) is 141 Å². The predicted octanol–water partition coefficient (Wildman–Crippen LogP) is 8.70. The largest absolute Gasteiger partial charge is 0.493 e. The van der Waals surface area contributed by atoms with Gasteiger partial charge in [0.1, 0.15) is 23.1 Å². The summed E-state index contributed by atoms with van der Waals surface area (Å²) in [5.74, 6) is -5.03. The predicted molar refractivity (Wildman–Crippen MR) is 252 cm³/mol. The summed E-state index contributed by atoms with van der Waals surface area (Å²) in [5, 5.41) is -1.29. The molecule has 2 atom stereocenters.